The molecule has 0 fully saturated rings. The first-order chi connectivity index (χ1) is 15.0. The Hall–Kier alpha value is -3.32. The van der Waals surface area contributed by atoms with Crippen LogP contribution < -0.4 is 10.9 Å². The first-order valence-corrected chi connectivity index (χ1v) is 10.9. The summed E-state index contributed by atoms with van der Waals surface area (Å²) in [5, 5.41) is 0. The molecular formula is C30H29B. The topological polar surface area (TPSA) is 0 Å². The number of rotatable bonds is 5. The first-order valence-electron chi connectivity index (χ1n) is 10.9. The molecule has 0 aliphatic heterocycles. The summed E-state index contributed by atoms with van der Waals surface area (Å²) >= 11 is 0. The van der Waals surface area contributed by atoms with E-state index >= 15 is 0 Å². The van der Waals surface area contributed by atoms with E-state index in [1.165, 1.54) is 55.4 Å². The van der Waals surface area contributed by atoms with Gasteiger partial charge in [-0.3, -0.25) is 0 Å². The zero-order chi connectivity index (χ0) is 22.0. The molecule has 0 bridgehead atoms. The van der Waals surface area contributed by atoms with E-state index in [4.69, 9.17) is 0 Å². The maximum absolute atomic E-state index is 3.85. The molecule has 0 saturated heterocycles. The van der Waals surface area contributed by atoms with E-state index in [2.05, 4.69) is 113 Å². The van der Waals surface area contributed by atoms with Crippen LogP contribution in [0, 0.1) is 27.7 Å². The van der Waals surface area contributed by atoms with Crippen LogP contribution in [0.15, 0.2) is 85.4 Å². The Morgan fingerprint density at radius 2 is 0.968 bits per heavy atom. The molecule has 152 valence electrons. The van der Waals surface area contributed by atoms with E-state index in [0.717, 1.165) is 12.8 Å². The van der Waals surface area contributed by atoms with Crippen molar-refractivity contribution in [2.45, 2.75) is 27.7 Å². The van der Waals surface area contributed by atoms with Crippen LogP contribution in [-0.2, 0) is 0 Å². The van der Waals surface area contributed by atoms with Crippen LogP contribution in [0.4, 0.5) is 0 Å². The van der Waals surface area contributed by atoms with E-state index in [-0.39, 0.29) is 0 Å². The molecule has 0 saturated carbocycles. The van der Waals surface area contributed by atoms with E-state index < -0.39 is 0 Å². The fraction of sp³-hybridized carbons (Fsp3) is 0.133. The molecule has 0 N–H and O–H groups in total. The van der Waals surface area contributed by atoms with Crippen LogP contribution in [0.25, 0.3) is 28.3 Å². The van der Waals surface area contributed by atoms with E-state index in [0.29, 0.717) is 0 Å². The minimum atomic E-state index is 0.972. The quantitative estimate of drug-likeness (QED) is 0.346. The van der Waals surface area contributed by atoms with Gasteiger partial charge in [-0.25, -0.2) is 0 Å². The fourth-order valence-corrected chi connectivity index (χ4v) is 4.50. The molecule has 0 aliphatic rings. The SMILES string of the molecule is C=Cc1ccc(-c2cc(C)c(Bc3c(C)cc(-c4ccccc4)cc3C)c(C)c2)cc1. The lowest BCUT2D eigenvalue weighted by Crippen LogP contribution is -2.34. The monoisotopic (exact) mass is 400 g/mol. The summed E-state index contributed by atoms with van der Waals surface area (Å²) in [6, 6.07) is 28.6. The van der Waals surface area contributed by atoms with E-state index in [1.54, 1.807) is 0 Å². The molecule has 0 nitrogen and oxygen atoms in total. The Kier molecular flexibility index (Phi) is 5.95. The zero-order valence-electron chi connectivity index (χ0n) is 19.0. The van der Waals surface area contributed by atoms with Gasteiger partial charge in [-0.1, -0.05) is 125 Å². The van der Waals surface area contributed by atoms with E-state index in [1.807, 2.05) is 6.08 Å². The van der Waals surface area contributed by atoms with Crippen molar-refractivity contribution in [1.82, 2.24) is 0 Å². The average molecular weight is 400 g/mol. The van der Waals surface area contributed by atoms with Crippen molar-refractivity contribution in [3.05, 3.63) is 113 Å². The molecule has 4 rings (SSSR count). The van der Waals surface area contributed by atoms with Crippen molar-refractivity contribution in [3.8, 4) is 22.3 Å². The highest BCUT2D eigenvalue weighted by Crippen LogP contribution is 2.23. The molecule has 0 atom stereocenters. The van der Waals surface area contributed by atoms with Gasteiger partial charge >= 0.3 is 0 Å². The highest BCUT2D eigenvalue weighted by molar-refractivity contribution is 6.69. The van der Waals surface area contributed by atoms with Gasteiger partial charge in [0.15, 0.2) is 7.28 Å². The lowest BCUT2D eigenvalue weighted by molar-refractivity contribution is 1.41. The maximum Gasteiger partial charge on any atom is 0.193 e. The zero-order valence-corrected chi connectivity index (χ0v) is 19.0. The first kappa shape index (κ1) is 20.9. The Labute approximate surface area is 187 Å². The van der Waals surface area contributed by atoms with Gasteiger partial charge in [-0.15, -0.1) is 0 Å². The summed E-state index contributed by atoms with van der Waals surface area (Å²) < 4.78 is 0. The number of aryl methyl sites for hydroxylation is 4. The molecule has 1 heteroatoms. The predicted octanol–water partition coefficient (Wildman–Crippen LogP) is 6.28. The molecule has 0 unspecified atom stereocenters. The van der Waals surface area contributed by atoms with Gasteiger partial charge in [-0.05, 0) is 55.5 Å². The second-order valence-electron chi connectivity index (χ2n) is 8.55. The van der Waals surface area contributed by atoms with Crippen LogP contribution in [0.5, 0.6) is 0 Å². The third-order valence-electron chi connectivity index (χ3n) is 6.33. The Morgan fingerprint density at radius 1 is 0.548 bits per heavy atom. The maximum atomic E-state index is 3.85. The van der Waals surface area contributed by atoms with Crippen molar-refractivity contribution in [2.24, 2.45) is 0 Å². The number of hydrogen-bond donors (Lipinski definition) is 0. The Balaban J connectivity index is 1.67. The summed E-state index contributed by atoms with van der Waals surface area (Å²) in [5.74, 6) is 0. The molecule has 31 heavy (non-hydrogen) atoms. The standard InChI is InChI=1S/C30H29B/c1-6-24-12-14-26(15-13-24)28-18-22(4)30(23(5)19-28)31-29-20(2)16-27(17-21(29)3)25-10-8-7-9-11-25/h6-19,31H,1H2,2-5H3. The number of hydrogen-bond acceptors (Lipinski definition) is 0. The van der Waals surface area contributed by atoms with Crippen molar-refractivity contribution in [3.63, 3.8) is 0 Å². The van der Waals surface area contributed by atoms with Crippen molar-refractivity contribution in [1.29, 1.82) is 0 Å². The summed E-state index contributed by atoms with van der Waals surface area (Å²) in [7, 11) is 0.972. The van der Waals surface area contributed by atoms with Crippen LogP contribution in [0.2, 0.25) is 0 Å². The van der Waals surface area contributed by atoms with Gasteiger partial charge in [0.1, 0.15) is 0 Å². The molecule has 0 heterocycles. The lowest BCUT2D eigenvalue weighted by Gasteiger charge is -2.17. The third kappa shape index (κ3) is 4.42. The molecule has 0 amide bonds. The van der Waals surface area contributed by atoms with Crippen molar-refractivity contribution >= 4 is 24.3 Å². The fourth-order valence-electron chi connectivity index (χ4n) is 4.50. The summed E-state index contributed by atoms with van der Waals surface area (Å²) in [5.41, 5.74) is 14.6. The van der Waals surface area contributed by atoms with E-state index in [9.17, 15) is 0 Å². The highest BCUT2D eigenvalue weighted by Gasteiger charge is 2.13. The van der Waals surface area contributed by atoms with Crippen LogP contribution in [0.1, 0.15) is 27.8 Å². The van der Waals surface area contributed by atoms with Crippen LogP contribution in [-0.4, -0.2) is 7.28 Å². The minimum Gasteiger partial charge on any atom is -0.0985 e. The van der Waals surface area contributed by atoms with Crippen LogP contribution in [0.3, 0.4) is 0 Å². The molecule has 0 aliphatic carbocycles. The van der Waals surface area contributed by atoms with Crippen LogP contribution >= 0.6 is 0 Å². The molecular weight excluding hydrogens is 371 g/mol. The Bertz CT molecular complexity index is 1190. The Morgan fingerprint density at radius 3 is 1.39 bits per heavy atom. The smallest absolute Gasteiger partial charge is 0.0985 e. The largest absolute Gasteiger partial charge is 0.193 e. The highest BCUT2D eigenvalue weighted by atomic mass is 14.1. The predicted molar refractivity (Wildman–Crippen MR) is 139 cm³/mol. The van der Waals surface area contributed by atoms with Crippen molar-refractivity contribution < 1.29 is 0 Å². The van der Waals surface area contributed by atoms with Gasteiger partial charge in [-0.2, -0.15) is 0 Å². The van der Waals surface area contributed by atoms with Crippen molar-refractivity contribution in [2.75, 3.05) is 0 Å². The summed E-state index contributed by atoms with van der Waals surface area (Å²) in [4.78, 5) is 0. The average Bonchev–Trinajstić information content (AvgIpc) is 2.78. The number of benzene rings is 4. The van der Waals surface area contributed by atoms with Gasteiger partial charge in [0.25, 0.3) is 0 Å². The molecule has 4 aromatic carbocycles. The summed E-state index contributed by atoms with van der Waals surface area (Å²) in [6.07, 6.45) is 1.89. The molecule has 0 radical (unpaired) electrons. The molecule has 0 spiro atoms. The van der Waals surface area contributed by atoms with Gasteiger partial charge < -0.3 is 0 Å². The third-order valence-corrected chi connectivity index (χ3v) is 6.33. The lowest BCUT2D eigenvalue weighted by atomic mass is 9.58. The molecule has 0 aromatic heterocycles. The van der Waals surface area contributed by atoms with Gasteiger partial charge in [0.05, 0.1) is 0 Å². The normalized spacial score (nSPS) is 10.7. The van der Waals surface area contributed by atoms with Gasteiger partial charge in [0.2, 0.25) is 0 Å². The molecule has 4 aromatic rings. The second-order valence-corrected chi connectivity index (χ2v) is 8.55. The van der Waals surface area contributed by atoms with Gasteiger partial charge in [0, 0.05) is 0 Å². The summed E-state index contributed by atoms with van der Waals surface area (Å²) in [6.45, 7) is 12.8. The minimum absolute atomic E-state index is 0.972. The second kappa shape index (κ2) is 8.82.